The van der Waals surface area contributed by atoms with Gasteiger partial charge in [0.25, 0.3) is 11.8 Å². The van der Waals surface area contributed by atoms with E-state index in [0.717, 1.165) is 46.7 Å². The number of urea groups is 1. The molecule has 0 fully saturated rings. The van der Waals surface area contributed by atoms with Crippen LogP contribution in [0.2, 0.25) is 0 Å². The third kappa shape index (κ3) is 6.51. The summed E-state index contributed by atoms with van der Waals surface area (Å²) in [6.07, 6.45) is 3.46. The van der Waals surface area contributed by atoms with Crippen molar-refractivity contribution in [2.75, 3.05) is 38.5 Å². The second kappa shape index (κ2) is 12.9. The lowest BCUT2D eigenvalue weighted by molar-refractivity contribution is 0.0964. The minimum absolute atomic E-state index is 0.0778. The van der Waals surface area contributed by atoms with Crippen LogP contribution in [0.3, 0.4) is 0 Å². The molecule has 12 nitrogen and oxygen atoms in total. The molecular formula is C24H31N7O5S2. The quantitative estimate of drug-likeness (QED) is 0.263. The van der Waals surface area contributed by atoms with E-state index in [1.165, 1.54) is 42.6 Å². The van der Waals surface area contributed by atoms with E-state index in [0.29, 0.717) is 18.0 Å². The monoisotopic (exact) mass is 561 g/mol. The number of anilines is 1. The molecular weight excluding hydrogens is 530 g/mol. The molecule has 2 heterocycles. The lowest BCUT2D eigenvalue weighted by Gasteiger charge is -2.26. The predicted molar refractivity (Wildman–Crippen MR) is 146 cm³/mol. The zero-order valence-electron chi connectivity index (χ0n) is 21.2. The maximum Gasteiger partial charge on any atom is 0.321 e. The highest BCUT2D eigenvalue weighted by molar-refractivity contribution is 7.89. The van der Waals surface area contributed by atoms with E-state index in [1.54, 1.807) is 0 Å². The highest BCUT2D eigenvalue weighted by Gasteiger charge is 2.30. The van der Waals surface area contributed by atoms with Crippen molar-refractivity contribution < 1.29 is 22.8 Å². The van der Waals surface area contributed by atoms with Gasteiger partial charge in [-0.2, -0.15) is 4.31 Å². The Balaban J connectivity index is 1.88. The first kappa shape index (κ1) is 29.1. The summed E-state index contributed by atoms with van der Waals surface area (Å²) in [4.78, 5) is 41.0. The number of nitrogens with zero attached hydrogens (tertiary/aromatic N) is 2. The minimum atomic E-state index is -3.97. The SMILES string of the molecule is CCCN1CCc2c(sc(NC(=O)c3ccc(S(=O)(=O)N(CC=N)CC=N)cc3)c2C(=O)NC(=O)NC)C1. The molecule has 0 unspecified atom stereocenters. The van der Waals surface area contributed by atoms with E-state index < -0.39 is 27.9 Å². The summed E-state index contributed by atoms with van der Waals surface area (Å²) >= 11 is 1.29. The van der Waals surface area contributed by atoms with Crippen LogP contribution in [-0.4, -0.2) is 81.1 Å². The first-order valence-corrected chi connectivity index (χ1v) is 14.2. The molecule has 0 bridgehead atoms. The van der Waals surface area contributed by atoms with E-state index in [-0.39, 0.29) is 29.1 Å². The smallest absolute Gasteiger partial charge is 0.321 e. The van der Waals surface area contributed by atoms with Gasteiger partial charge in [-0.15, -0.1) is 11.3 Å². The van der Waals surface area contributed by atoms with E-state index in [4.69, 9.17) is 10.8 Å². The van der Waals surface area contributed by atoms with Crippen molar-refractivity contribution in [3.05, 3.63) is 45.8 Å². The number of nitrogens with one attached hydrogen (secondary N) is 5. The molecule has 0 saturated heterocycles. The van der Waals surface area contributed by atoms with Crippen LogP contribution < -0.4 is 16.0 Å². The molecule has 0 radical (unpaired) electrons. The zero-order valence-corrected chi connectivity index (χ0v) is 22.8. The van der Waals surface area contributed by atoms with Crippen LogP contribution >= 0.6 is 11.3 Å². The Hall–Kier alpha value is -3.46. The summed E-state index contributed by atoms with van der Waals surface area (Å²) in [5, 5.41) is 22.1. The molecule has 0 spiro atoms. The van der Waals surface area contributed by atoms with E-state index in [9.17, 15) is 22.8 Å². The molecule has 1 aromatic heterocycles. The van der Waals surface area contributed by atoms with Gasteiger partial charge in [0.1, 0.15) is 5.00 Å². The fraction of sp³-hybridized carbons (Fsp3) is 0.375. The van der Waals surface area contributed by atoms with Crippen molar-refractivity contribution in [2.45, 2.75) is 31.2 Å². The molecule has 1 aliphatic heterocycles. The number of hydrogen-bond acceptors (Lipinski definition) is 9. The van der Waals surface area contributed by atoms with Crippen LogP contribution in [0.15, 0.2) is 29.2 Å². The van der Waals surface area contributed by atoms with Crippen molar-refractivity contribution in [1.82, 2.24) is 19.8 Å². The average Bonchev–Trinajstić information content (AvgIpc) is 3.25. The van der Waals surface area contributed by atoms with E-state index in [2.05, 4.69) is 27.8 Å². The van der Waals surface area contributed by atoms with E-state index >= 15 is 0 Å². The first-order valence-electron chi connectivity index (χ1n) is 12.0. The number of amides is 4. The second-order valence-corrected chi connectivity index (χ2v) is 11.5. The minimum Gasteiger partial charge on any atom is -0.341 e. The summed E-state index contributed by atoms with van der Waals surface area (Å²) in [5.41, 5.74) is 1.23. The number of benzene rings is 1. The second-order valence-electron chi connectivity index (χ2n) is 8.48. The van der Waals surface area contributed by atoms with Crippen LogP contribution in [-0.2, 0) is 23.0 Å². The molecule has 5 N–H and O–H groups in total. The van der Waals surface area contributed by atoms with Gasteiger partial charge in [0.2, 0.25) is 10.0 Å². The summed E-state index contributed by atoms with van der Waals surface area (Å²) in [6.45, 7) is 4.03. The van der Waals surface area contributed by atoms with Crippen molar-refractivity contribution in [2.24, 2.45) is 0 Å². The molecule has 0 aliphatic carbocycles. The number of rotatable bonds is 11. The van der Waals surface area contributed by atoms with Crippen molar-refractivity contribution in [3.63, 3.8) is 0 Å². The fourth-order valence-electron chi connectivity index (χ4n) is 4.10. The predicted octanol–water partition coefficient (Wildman–Crippen LogP) is 2.13. The van der Waals surface area contributed by atoms with Gasteiger partial charge in [0.05, 0.1) is 10.5 Å². The van der Waals surface area contributed by atoms with Gasteiger partial charge in [0.15, 0.2) is 0 Å². The molecule has 0 atom stereocenters. The van der Waals surface area contributed by atoms with Gasteiger partial charge in [-0.05, 0) is 49.2 Å². The zero-order chi connectivity index (χ0) is 27.9. The molecule has 204 valence electrons. The van der Waals surface area contributed by atoms with Crippen LogP contribution in [0.1, 0.15) is 44.5 Å². The molecule has 38 heavy (non-hydrogen) atoms. The number of imide groups is 1. The normalized spacial score (nSPS) is 13.4. The molecule has 4 amide bonds. The fourth-order valence-corrected chi connectivity index (χ4v) is 6.70. The van der Waals surface area contributed by atoms with Crippen molar-refractivity contribution in [1.29, 1.82) is 10.8 Å². The topological polar surface area (TPSA) is 176 Å². The maximum absolute atomic E-state index is 13.1. The molecule has 2 aromatic rings. The average molecular weight is 562 g/mol. The Bertz CT molecular complexity index is 1310. The Morgan fingerprint density at radius 1 is 1.11 bits per heavy atom. The van der Waals surface area contributed by atoms with Crippen molar-refractivity contribution in [3.8, 4) is 0 Å². The third-order valence-electron chi connectivity index (χ3n) is 5.93. The highest BCUT2D eigenvalue weighted by Crippen LogP contribution is 2.37. The lowest BCUT2D eigenvalue weighted by atomic mass is 10.0. The standard InChI is InChI=1S/C24H31N7O5S2/c1-3-11-30-12-8-18-19(15-30)37-23(20(18)22(33)29-24(34)27-2)28-21(32)16-4-6-17(7-5-16)38(35,36)31(13-9-25)14-10-26/h4-7,9-10,25-26H,3,8,11-15H2,1-2H3,(H,28,32)(H2,27,29,33,34). The van der Waals surface area contributed by atoms with E-state index in [1.807, 2.05) is 0 Å². The molecule has 0 saturated carbocycles. The lowest BCUT2D eigenvalue weighted by Crippen LogP contribution is -2.38. The van der Waals surface area contributed by atoms with Gasteiger partial charge in [0, 0.05) is 56.1 Å². The largest absolute Gasteiger partial charge is 0.341 e. The van der Waals surface area contributed by atoms with Gasteiger partial charge in [-0.25, -0.2) is 13.2 Å². The summed E-state index contributed by atoms with van der Waals surface area (Å²) in [5.74, 6) is -1.15. The number of hydrogen-bond donors (Lipinski definition) is 5. The van der Waals surface area contributed by atoms with Crippen LogP contribution in [0.5, 0.6) is 0 Å². The highest BCUT2D eigenvalue weighted by atomic mass is 32.2. The van der Waals surface area contributed by atoms with Gasteiger partial charge < -0.3 is 21.5 Å². The number of sulfonamides is 1. The molecule has 1 aromatic carbocycles. The Morgan fingerprint density at radius 2 is 1.76 bits per heavy atom. The Morgan fingerprint density at radius 3 is 2.34 bits per heavy atom. The van der Waals surface area contributed by atoms with Crippen LogP contribution in [0.25, 0.3) is 0 Å². The van der Waals surface area contributed by atoms with Crippen molar-refractivity contribution >= 4 is 56.6 Å². The van der Waals surface area contributed by atoms with Gasteiger partial charge >= 0.3 is 6.03 Å². The Labute approximate surface area is 225 Å². The van der Waals surface area contributed by atoms with Gasteiger partial charge in [-0.3, -0.25) is 19.8 Å². The van der Waals surface area contributed by atoms with Crippen LogP contribution in [0, 0.1) is 10.8 Å². The molecule has 3 rings (SSSR count). The number of thiophene rings is 1. The first-order chi connectivity index (χ1) is 18.2. The molecule has 14 heteroatoms. The number of fused-ring (bicyclic) bond motifs is 1. The van der Waals surface area contributed by atoms with Gasteiger partial charge in [-0.1, -0.05) is 6.92 Å². The summed E-state index contributed by atoms with van der Waals surface area (Å²) < 4.78 is 26.7. The number of carbonyl (C=O) groups is 3. The summed E-state index contributed by atoms with van der Waals surface area (Å²) in [7, 11) is -2.57. The number of carbonyl (C=O) groups excluding carboxylic acids is 3. The maximum atomic E-state index is 13.1. The third-order valence-corrected chi connectivity index (χ3v) is 8.91. The summed E-state index contributed by atoms with van der Waals surface area (Å²) in [6, 6.07) is 4.62. The molecule has 1 aliphatic rings. The van der Waals surface area contributed by atoms with Crippen LogP contribution in [0.4, 0.5) is 9.80 Å². The Kier molecular flexibility index (Phi) is 9.85.